The molecule has 1 atom stereocenters. The molecule has 0 radical (unpaired) electrons. The maximum atomic E-state index is 13.6. The van der Waals surface area contributed by atoms with Crippen LogP contribution in [0.5, 0.6) is 0 Å². The first-order chi connectivity index (χ1) is 9.24. The Morgan fingerprint density at radius 3 is 2.75 bits per heavy atom. The molecule has 0 aliphatic carbocycles. The Kier molecular flexibility index (Phi) is 3.68. The molecule has 0 aromatic heterocycles. The Morgan fingerprint density at radius 2 is 2.25 bits per heavy atom. The number of benzene rings is 1. The zero-order valence-electron chi connectivity index (χ0n) is 10.6. The average Bonchev–Trinajstić information content (AvgIpc) is 2.76. The summed E-state index contributed by atoms with van der Waals surface area (Å²) in [7, 11) is 0. The number of nitro groups is 1. The smallest absolute Gasteiger partial charge is 0.311 e. The summed E-state index contributed by atoms with van der Waals surface area (Å²) in [5.41, 5.74) is -1.11. The van der Waals surface area contributed by atoms with Crippen molar-refractivity contribution in [3.8, 4) is 0 Å². The van der Waals surface area contributed by atoms with Crippen molar-refractivity contribution in [2.45, 2.75) is 13.3 Å². The van der Waals surface area contributed by atoms with Crippen LogP contribution in [-0.4, -0.2) is 29.1 Å². The molecule has 0 saturated carbocycles. The lowest BCUT2D eigenvalue weighted by molar-refractivity contribution is -0.384. The number of rotatable bonds is 3. The van der Waals surface area contributed by atoms with Crippen molar-refractivity contribution < 1.29 is 19.2 Å². The quantitative estimate of drug-likeness (QED) is 0.671. The van der Waals surface area contributed by atoms with Gasteiger partial charge in [0.1, 0.15) is 11.5 Å². The van der Waals surface area contributed by atoms with E-state index in [-0.39, 0.29) is 22.4 Å². The molecule has 8 heteroatoms. The van der Waals surface area contributed by atoms with Crippen molar-refractivity contribution in [2.75, 3.05) is 18.0 Å². The third kappa shape index (κ3) is 2.47. The molecule has 0 spiro atoms. The summed E-state index contributed by atoms with van der Waals surface area (Å²) >= 11 is 2.91. The fourth-order valence-electron chi connectivity index (χ4n) is 2.27. The summed E-state index contributed by atoms with van der Waals surface area (Å²) in [4.78, 5) is 23.2. The van der Waals surface area contributed by atoms with Crippen LogP contribution >= 0.6 is 15.9 Å². The summed E-state index contributed by atoms with van der Waals surface area (Å²) in [5.74, 6) is -1.57. The highest BCUT2D eigenvalue weighted by Gasteiger charge is 2.42. The Hall–Kier alpha value is -1.70. The second-order valence-corrected chi connectivity index (χ2v) is 5.90. The van der Waals surface area contributed by atoms with Crippen molar-refractivity contribution >= 4 is 33.3 Å². The Bertz CT molecular complexity index is 595. The number of anilines is 1. The van der Waals surface area contributed by atoms with Gasteiger partial charge in [-0.15, -0.1) is 0 Å². The van der Waals surface area contributed by atoms with Gasteiger partial charge in [0.05, 0.1) is 14.8 Å². The predicted octanol–water partition coefficient (Wildman–Crippen LogP) is 2.80. The van der Waals surface area contributed by atoms with Crippen LogP contribution in [0.2, 0.25) is 0 Å². The minimum atomic E-state index is -0.975. The second kappa shape index (κ2) is 5.01. The van der Waals surface area contributed by atoms with Crippen LogP contribution in [0.1, 0.15) is 13.3 Å². The van der Waals surface area contributed by atoms with Crippen molar-refractivity contribution in [2.24, 2.45) is 5.41 Å². The van der Waals surface area contributed by atoms with E-state index in [2.05, 4.69) is 15.9 Å². The van der Waals surface area contributed by atoms with E-state index in [1.165, 1.54) is 0 Å². The summed E-state index contributed by atoms with van der Waals surface area (Å²) in [6, 6.07) is 2.16. The molecule has 1 unspecified atom stereocenters. The number of carbonyl (C=O) groups is 1. The van der Waals surface area contributed by atoms with Crippen LogP contribution in [0, 0.1) is 21.3 Å². The third-order valence-electron chi connectivity index (χ3n) is 3.54. The van der Waals surface area contributed by atoms with Crippen molar-refractivity contribution in [3.63, 3.8) is 0 Å². The number of hydrogen-bond acceptors (Lipinski definition) is 4. The van der Waals surface area contributed by atoms with E-state index in [4.69, 9.17) is 0 Å². The number of hydrogen-bond donors (Lipinski definition) is 1. The number of nitrogens with zero attached hydrogens (tertiary/aromatic N) is 2. The molecule has 1 aromatic carbocycles. The largest absolute Gasteiger partial charge is 0.481 e. The number of carboxylic acid groups (broad SMARTS) is 1. The van der Waals surface area contributed by atoms with Gasteiger partial charge in [-0.1, -0.05) is 0 Å². The van der Waals surface area contributed by atoms with Crippen LogP contribution < -0.4 is 4.90 Å². The fourth-order valence-corrected chi connectivity index (χ4v) is 2.60. The summed E-state index contributed by atoms with van der Waals surface area (Å²) in [5, 5.41) is 20.2. The van der Waals surface area contributed by atoms with Gasteiger partial charge in [0.2, 0.25) is 0 Å². The third-order valence-corrected chi connectivity index (χ3v) is 4.15. The fraction of sp³-hybridized carbons (Fsp3) is 0.417. The molecule has 1 aromatic rings. The summed E-state index contributed by atoms with van der Waals surface area (Å²) < 4.78 is 13.6. The van der Waals surface area contributed by atoms with E-state index >= 15 is 0 Å². The predicted molar refractivity (Wildman–Crippen MR) is 73.3 cm³/mol. The van der Waals surface area contributed by atoms with E-state index in [9.17, 15) is 24.4 Å². The maximum Gasteiger partial charge on any atom is 0.311 e. The van der Waals surface area contributed by atoms with Crippen LogP contribution in [0.25, 0.3) is 0 Å². The highest BCUT2D eigenvalue weighted by atomic mass is 79.9. The lowest BCUT2D eigenvalue weighted by Crippen LogP contribution is -2.31. The van der Waals surface area contributed by atoms with Gasteiger partial charge in [-0.05, 0) is 29.3 Å². The normalized spacial score (nSPS) is 22.1. The molecular formula is C12H12BrFN2O4. The van der Waals surface area contributed by atoms with E-state index in [1.54, 1.807) is 11.8 Å². The summed E-state index contributed by atoms with van der Waals surface area (Å²) in [6.45, 7) is 2.03. The molecule has 0 bridgehead atoms. The van der Waals surface area contributed by atoms with Gasteiger partial charge in [0.25, 0.3) is 5.69 Å². The maximum absolute atomic E-state index is 13.6. The van der Waals surface area contributed by atoms with Gasteiger partial charge in [-0.3, -0.25) is 14.9 Å². The molecule has 6 nitrogen and oxygen atoms in total. The van der Waals surface area contributed by atoms with E-state index in [0.717, 1.165) is 12.1 Å². The molecule has 20 heavy (non-hydrogen) atoms. The van der Waals surface area contributed by atoms with Gasteiger partial charge in [-0.25, -0.2) is 4.39 Å². The molecule has 1 aliphatic rings. The minimum absolute atomic E-state index is 0.00754. The highest BCUT2D eigenvalue weighted by Crippen LogP contribution is 2.39. The first kappa shape index (κ1) is 14.7. The van der Waals surface area contributed by atoms with Gasteiger partial charge >= 0.3 is 5.97 Å². The summed E-state index contributed by atoms with van der Waals surface area (Å²) in [6.07, 6.45) is 0.358. The molecular weight excluding hydrogens is 335 g/mol. The molecule has 2 rings (SSSR count). The van der Waals surface area contributed by atoms with Crippen molar-refractivity contribution in [1.29, 1.82) is 0 Å². The molecule has 1 aliphatic heterocycles. The van der Waals surface area contributed by atoms with Crippen LogP contribution in [-0.2, 0) is 4.79 Å². The number of aliphatic carboxylic acids is 1. The SMILES string of the molecule is CC1(C(=O)O)CCN(c2cc(F)c(Br)cc2[N+](=O)[O-])C1. The van der Waals surface area contributed by atoms with E-state index < -0.39 is 22.1 Å². The minimum Gasteiger partial charge on any atom is -0.481 e. The Morgan fingerprint density at radius 1 is 1.60 bits per heavy atom. The highest BCUT2D eigenvalue weighted by molar-refractivity contribution is 9.10. The average molecular weight is 347 g/mol. The van der Waals surface area contributed by atoms with E-state index in [1.807, 2.05) is 0 Å². The van der Waals surface area contributed by atoms with Gasteiger partial charge in [-0.2, -0.15) is 0 Å². The molecule has 1 N–H and O–H groups in total. The van der Waals surface area contributed by atoms with Gasteiger partial charge in [0, 0.05) is 25.2 Å². The first-order valence-electron chi connectivity index (χ1n) is 5.86. The molecule has 1 fully saturated rings. The zero-order valence-corrected chi connectivity index (χ0v) is 12.2. The molecule has 108 valence electrons. The second-order valence-electron chi connectivity index (χ2n) is 5.05. The molecule has 0 amide bonds. The Labute approximate surface area is 122 Å². The first-order valence-corrected chi connectivity index (χ1v) is 6.66. The zero-order chi connectivity index (χ0) is 15.1. The van der Waals surface area contributed by atoms with E-state index in [0.29, 0.717) is 13.0 Å². The topological polar surface area (TPSA) is 83.7 Å². The van der Waals surface area contributed by atoms with Crippen molar-refractivity contribution in [1.82, 2.24) is 0 Å². The molecule has 1 saturated heterocycles. The number of carboxylic acids is 1. The molecule has 1 heterocycles. The van der Waals surface area contributed by atoms with Gasteiger partial charge < -0.3 is 10.0 Å². The lowest BCUT2D eigenvalue weighted by atomic mass is 9.90. The van der Waals surface area contributed by atoms with Crippen molar-refractivity contribution in [3.05, 3.63) is 32.5 Å². The van der Waals surface area contributed by atoms with Crippen LogP contribution in [0.3, 0.4) is 0 Å². The number of halogens is 2. The Balaban J connectivity index is 2.42. The van der Waals surface area contributed by atoms with Crippen LogP contribution in [0.15, 0.2) is 16.6 Å². The number of nitro benzene ring substituents is 1. The standard InChI is InChI=1S/C12H12BrFN2O4/c1-12(11(17)18)2-3-15(6-12)9-5-8(14)7(13)4-10(9)16(19)20/h4-5H,2-3,6H2,1H3,(H,17,18). The lowest BCUT2D eigenvalue weighted by Gasteiger charge is -2.21. The van der Waals surface area contributed by atoms with Crippen LogP contribution in [0.4, 0.5) is 15.8 Å². The van der Waals surface area contributed by atoms with Gasteiger partial charge in [0.15, 0.2) is 0 Å². The monoisotopic (exact) mass is 346 g/mol.